The number of amides is 1. The minimum Gasteiger partial charge on any atom is -0.339 e. The maximum Gasteiger partial charge on any atom is 0.261 e. The van der Waals surface area contributed by atoms with Crippen molar-refractivity contribution in [2.75, 3.05) is 17.8 Å². The molecule has 1 saturated heterocycles. The molecule has 0 radical (unpaired) electrons. The van der Waals surface area contributed by atoms with Crippen LogP contribution in [0.25, 0.3) is 0 Å². The molecule has 1 fully saturated rings. The Hall–Kier alpha value is -2.34. The third kappa shape index (κ3) is 3.28. The van der Waals surface area contributed by atoms with Gasteiger partial charge in [-0.3, -0.25) is 9.52 Å². The maximum atomic E-state index is 12.7. The predicted octanol–water partition coefficient (Wildman–Crippen LogP) is 3.03. The molecular weight excluding hydrogens is 324 g/mol. The van der Waals surface area contributed by atoms with Gasteiger partial charge in [-0.15, -0.1) is 0 Å². The van der Waals surface area contributed by atoms with Crippen molar-refractivity contribution in [2.45, 2.75) is 24.7 Å². The molecule has 0 saturated carbocycles. The smallest absolute Gasteiger partial charge is 0.261 e. The molecule has 0 aromatic heterocycles. The molecule has 126 valence electrons. The number of benzene rings is 2. The summed E-state index contributed by atoms with van der Waals surface area (Å²) < 4.78 is 27.8. The fraction of sp³-hybridized carbons (Fsp3) is 0.278. The lowest BCUT2D eigenvalue weighted by atomic mass is 10.1. The maximum absolute atomic E-state index is 12.7. The first kappa shape index (κ1) is 16.5. The predicted molar refractivity (Wildman–Crippen MR) is 93.6 cm³/mol. The van der Waals surface area contributed by atoms with Gasteiger partial charge in [-0.05, 0) is 43.5 Å². The van der Waals surface area contributed by atoms with Gasteiger partial charge in [0.1, 0.15) is 0 Å². The highest BCUT2D eigenvalue weighted by Gasteiger charge is 2.25. The van der Waals surface area contributed by atoms with Gasteiger partial charge in [-0.1, -0.05) is 30.3 Å². The van der Waals surface area contributed by atoms with E-state index in [4.69, 9.17) is 0 Å². The zero-order valence-electron chi connectivity index (χ0n) is 13.5. The van der Waals surface area contributed by atoms with Crippen molar-refractivity contribution < 1.29 is 13.2 Å². The number of nitrogens with one attached hydrogen (secondary N) is 1. The van der Waals surface area contributed by atoms with Gasteiger partial charge in [0.2, 0.25) is 0 Å². The van der Waals surface area contributed by atoms with Gasteiger partial charge < -0.3 is 4.90 Å². The Kier molecular flexibility index (Phi) is 4.57. The minimum absolute atomic E-state index is 0.123. The summed E-state index contributed by atoms with van der Waals surface area (Å²) in [5, 5.41) is 0. The number of rotatable bonds is 4. The van der Waals surface area contributed by atoms with E-state index in [-0.39, 0.29) is 10.8 Å². The van der Waals surface area contributed by atoms with Crippen LogP contribution in [0.5, 0.6) is 0 Å². The summed E-state index contributed by atoms with van der Waals surface area (Å²) in [6.45, 7) is 3.24. The van der Waals surface area contributed by atoms with Crippen molar-refractivity contribution in [1.29, 1.82) is 0 Å². The highest BCUT2D eigenvalue weighted by molar-refractivity contribution is 7.92. The quantitative estimate of drug-likeness (QED) is 0.927. The molecule has 1 heterocycles. The van der Waals surface area contributed by atoms with E-state index in [2.05, 4.69) is 4.72 Å². The van der Waals surface area contributed by atoms with Crippen molar-refractivity contribution >= 4 is 21.6 Å². The molecule has 1 amide bonds. The van der Waals surface area contributed by atoms with Crippen molar-refractivity contribution in [3.05, 3.63) is 59.7 Å². The minimum atomic E-state index is -3.74. The first-order chi connectivity index (χ1) is 11.5. The van der Waals surface area contributed by atoms with E-state index >= 15 is 0 Å². The van der Waals surface area contributed by atoms with Crippen LogP contribution in [0.3, 0.4) is 0 Å². The zero-order chi connectivity index (χ0) is 17.2. The number of para-hydroxylation sites is 1. The van der Waals surface area contributed by atoms with E-state index < -0.39 is 10.0 Å². The van der Waals surface area contributed by atoms with Crippen LogP contribution in [0, 0.1) is 6.92 Å². The van der Waals surface area contributed by atoms with Crippen LogP contribution in [-0.4, -0.2) is 32.3 Å². The number of likely N-dealkylation sites (tertiary alicyclic amines) is 1. The van der Waals surface area contributed by atoms with Crippen molar-refractivity contribution in [3.8, 4) is 0 Å². The lowest BCUT2D eigenvalue weighted by molar-refractivity contribution is 0.0794. The van der Waals surface area contributed by atoms with Crippen LogP contribution in [0.15, 0.2) is 53.4 Å². The highest BCUT2D eigenvalue weighted by atomic mass is 32.2. The molecule has 3 rings (SSSR count). The van der Waals surface area contributed by atoms with Gasteiger partial charge >= 0.3 is 0 Å². The van der Waals surface area contributed by atoms with Gasteiger partial charge in [-0.2, -0.15) is 0 Å². The first-order valence-electron chi connectivity index (χ1n) is 7.96. The third-order valence-electron chi connectivity index (χ3n) is 4.19. The van der Waals surface area contributed by atoms with Crippen molar-refractivity contribution in [3.63, 3.8) is 0 Å². The standard InChI is InChI=1S/C18H20N2O3S/c1-14-8-7-11-16(18(21)20-12-5-6-13-20)17(14)19-24(22,23)15-9-3-2-4-10-15/h2-4,7-11,19H,5-6,12-13H2,1H3. The molecule has 0 bridgehead atoms. The summed E-state index contributed by atoms with van der Waals surface area (Å²) in [5.74, 6) is -0.123. The van der Waals surface area contributed by atoms with Crippen LogP contribution in [0.2, 0.25) is 0 Å². The molecule has 2 aromatic rings. The average molecular weight is 344 g/mol. The normalized spacial score (nSPS) is 14.6. The number of sulfonamides is 1. The van der Waals surface area contributed by atoms with E-state index in [0.717, 1.165) is 31.5 Å². The molecule has 0 atom stereocenters. The Morgan fingerprint density at radius 2 is 1.67 bits per heavy atom. The topological polar surface area (TPSA) is 66.5 Å². The number of nitrogens with zero attached hydrogens (tertiary/aromatic N) is 1. The number of carbonyl (C=O) groups excluding carboxylic acids is 1. The largest absolute Gasteiger partial charge is 0.339 e. The van der Waals surface area contributed by atoms with E-state index in [1.807, 2.05) is 0 Å². The number of hydrogen-bond acceptors (Lipinski definition) is 3. The van der Waals surface area contributed by atoms with E-state index in [9.17, 15) is 13.2 Å². The Bertz CT molecular complexity index is 842. The lowest BCUT2D eigenvalue weighted by Gasteiger charge is -2.19. The highest BCUT2D eigenvalue weighted by Crippen LogP contribution is 2.26. The van der Waals surface area contributed by atoms with E-state index in [1.165, 1.54) is 12.1 Å². The van der Waals surface area contributed by atoms with Crippen LogP contribution in [0.1, 0.15) is 28.8 Å². The van der Waals surface area contributed by atoms with Crippen molar-refractivity contribution in [2.24, 2.45) is 0 Å². The molecule has 6 heteroatoms. The fourth-order valence-electron chi connectivity index (χ4n) is 2.86. The Balaban J connectivity index is 1.97. The Morgan fingerprint density at radius 3 is 2.33 bits per heavy atom. The molecule has 0 unspecified atom stereocenters. The zero-order valence-corrected chi connectivity index (χ0v) is 14.3. The summed E-state index contributed by atoms with van der Waals surface area (Å²) in [4.78, 5) is 14.7. The number of anilines is 1. The summed E-state index contributed by atoms with van der Waals surface area (Å²) in [6, 6.07) is 13.4. The Labute approximate surface area is 142 Å². The van der Waals surface area contributed by atoms with Gasteiger partial charge in [0, 0.05) is 13.1 Å². The molecule has 1 aliphatic heterocycles. The summed E-state index contributed by atoms with van der Waals surface area (Å²) in [6.07, 6.45) is 1.98. The molecular formula is C18H20N2O3S. The van der Waals surface area contributed by atoms with Gasteiger partial charge in [0.15, 0.2) is 0 Å². The average Bonchev–Trinajstić information content (AvgIpc) is 3.11. The number of carbonyl (C=O) groups is 1. The fourth-order valence-corrected chi connectivity index (χ4v) is 4.04. The molecule has 2 aromatic carbocycles. The number of aryl methyl sites for hydroxylation is 1. The van der Waals surface area contributed by atoms with Gasteiger partial charge in [-0.25, -0.2) is 8.42 Å². The second-order valence-corrected chi connectivity index (χ2v) is 7.60. The SMILES string of the molecule is Cc1cccc(C(=O)N2CCCC2)c1NS(=O)(=O)c1ccccc1. The lowest BCUT2D eigenvalue weighted by Crippen LogP contribution is -2.29. The molecule has 0 spiro atoms. The molecule has 5 nitrogen and oxygen atoms in total. The summed E-state index contributed by atoms with van der Waals surface area (Å²) >= 11 is 0. The van der Waals surface area contributed by atoms with E-state index in [0.29, 0.717) is 11.3 Å². The van der Waals surface area contributed by atoms with Crippen LogP contribution < -0.4 is 4.72 Å². The van der Waals surface area contributed by atoms with Gasteiger partial charge in [0.25, 0.3) is 15.9 Å². The number of hydrogen-bond donors (Lipinski definition) is 1. The summed E-state index contributed by atoms with van der Waals surface area (Å²) in [7, 11) is -3.74. The van der Waals surface area contributed by atoms with Crippen LogP contribution in [-0.2, 0) is 10.0 Å². The molecule has 1 N–H and O–H groups in total. The second-order valence-electron chi connectivity index (χ2n) is 5.92. The van der Waals surface area contributed by atoms with E-state index in [1.54, 1.807) is 48.2 Å². The molecule has 1 aliphatic rings. The monoisotopic (exact) mass is 344 g/mol. The molecule has 0 aliphatic carbocycles. The third-order valence-corrected chi connectivity index (χ3v) is 5.55. The van der Waals surface area contributed by atoms with Crippen LogP contribution in [0.4, 0.5) is 5.69 Å². The van der Waals surface area contributed by atoms with Gasteiger partial charge in [0.05, 0.1) is 16.1 Å². The van der Waals surface area contributed by atoms with Crippen molar-refractivity contribution in [1.82, 2.24) is 4.90 Å². The summed E-state index contributed by atoms with van der Waals surface area (Å²) in [5.41, 5.74) is 1.48. The van der Waals surface area contributed by atoms with Crippen LogP contribution >= 0.6 is 0 Å². The Morgan fingerprint density at radius 1 is 1.00 bits per heavy atom. The molecule has 24 heavy (non-hydrogen) atoms. The second kappa shape index (κ2) is 6.65. The first-order valence-corrected chi connectivity index (χ1v) is 9.44.